The number of anilines is 1. The SMILES string of the molecule is CNC(C)C(=O)N[C@H](C(=O)N1CCC[C@H]1c1nc(C(=O)c2cccc(OCCOCCOCCOCC#Cc3cccc(Cn4c(C)c(C#N)c(-c5ccc(N)cc5)c4C)c3)c2)cs1)C1CCCCC1. The Hall–Kier alpha value is -6.33. The van der Waals surface area contributed by atoms with E-state index in [0.29, 0.717) is 81.0 Å². The zero-order chi connectivity index (χ0) is 49.4. The molecule has 14 nitrogen and oxygen atoms in total. The zero-order valence-corrected chi connectivity index (χ0v) is 41.6. The lowest BCUT2D eigenvalue weighted by Crippen LogP contribution is -2.55. The molecular weight excluding hydrogens is 903 g/mol. The van der Waals surface area contributed by atoms with Crippen molar-refractivity contribution in [1.29, 1.82) is 5.26 Å². The van der Waals surface area contributed by atoms with E-state index in [9.17, 15) is 19.6 Å². The van der Waals surface area contributed by atoms with Crippen LogP contribution in [-0.4, -0.2) is 104 Å². The maximum absolute atomic E-state index is 14.2. The number of nitriles is 1. The predicted molar refractivity (Wildman–Crippen MR) is 272 cm³/mol. The Morgan fingerprint density at radius 2 is 1.61 bits per heavy atom. The van der Waals surface area contributed by atoms with Gasteiger partial charge in [0.2, 0.25) is 17.6 Å². The van der Waals surface area contributed by atoms with Gasteiger partial charge in [-0.1, -0.05) is 67.5 Å². The van der Waals surface area contributed by atoms with Crippen LogP contribution in [0.3, 0.4) is 0 Å². The number of amides is 2. The fourth-order valence-corrected chi connectivity index (χ4v) is 10.2. The number of nitrogens with zero attached hydrogens (tertiary/aromatic N) is 4. The van der Waals surface area contributed by atoms with Crippen LogP contribution in [0.15, 0.2) is 78.2 Å². The summed E-state index contributed by atoms with van der Waals surface area (Å²) in [5.41, 5.74) is 13.9. The van der Waals surface area contributed by atoms with E-state index in [2.05, 4.69) is 45.2 Å². The molecule has 5 aromatic rings. The first-order chi connectivity index (χ1) is 34.1. The molecule has 1 aliphatic carbocycles. The molecule has 15 heteroatoms. The third-order valence-electron chi connectivity index (χ3n) is 13.2. The average molecular weight is 968 g/mol. The second-order valence-corrected chi connectivity index (χ2v) is 18.8. The zero-order valence-electron chi connectivity index (χ0n) is 40.8. The molecule has 4 N–H and O–H groups in total. The summed E-state index contributed by atoms with van der Waals surface area (Å²) < 4.78 is 25.1. The first-order valence-electron chi connectivity index (χ1n) is 24.3. The van der Waals surface area contributed by atoms with Gasteiger partial charge in [-0.05, 0) is 107 Å². The molecule has 0 bridgehead atoms. The molecule has 3 aromatic carbocycles. The van der Waals surface area contributed by atoms with Gasteiger partial charge in [0, 0.05) is 52.2 Å². The van der Waals surface area contributed by atoms with Gasteiger partial charge in [-0.15, -0.1) is 11.3 Å². The van der Waals surface area contributed by atoms with E-state index in [1.807, 2.05) is 55.1 Å². The Morgan fingerprint density at radius 1 is 0.886 bits per heavy atom. The van der Waals surface area contributed by atoms with Crippen molar-refractivity contribution in [2.24, 2.45) is 5.92 Å². The smallest absolute Gasteiger partial charge is 0.246 e. The Morgan fingerprint density at radius 3 is 2.36 bits per heavy atom. The number of ether oxygens (including phenoxy) is 4. The minimum atomic E-state index is -0.580. The van der Waals surface area contributed by atoms with E-state index >= 15 is 0 Å². The lowest BCUT2D eigenvalue weighted by molar-refractivity contribution is -0.139. The van der Waals surface area contributed by atoms with Crippen LogP contribution in [0.2, 0.25) is 0 Å². The number of hydrogen-bond acceptors (Lipinski definition) is 12. The monoisotopic (exact) mass is 967 g/mol. The molecule has 2 aromatic heterocycles. The number of carbonyl (C=O) groups excluding carboxylic acids is 3. The third-order valence-corrected chi connectivity index (χ3v) is 14.1. The predicted octanol–water partition coefficient (Wildman–Crippen LogP) is 7.78. The van der Waals surface area contributed by atoms with Crippen LogP contribution >= 0.6 is 11.3 Å². The first-order valence-corrected chi connectivity index (χ1v) is 25.2. The molecule has 1 saturated heterocycles. The van der Waals surface area contributed by atoms with Crippen LogP contribution in [0.4, 0.5) is 5.69 Å². The number of carbonyl (C=O) groups is 3. The molecule has 1 saturated carbocycles. The molecule has 1 aliphatic heterocycles. The molecule has 0 radical (unpaired) electrons. The van der Waals surface area contributed by atoms with Crippen LogP contribution in [0.1, 0.15) is 107 Å². The molecule has 7 rings (SSSR count). The fraction of sp³-hybridized carbons (Fsp3) is 0.436. The van der Waals surface area contributed by atoms with Crippen LogP contribution < -0.4 is 21.1 Å². The van der Waals surface area contributed by atoms with Crippen molar-refractivity contribution in [3.63, 3.8) is 0 Å². The van der Waals surface area contributed by atoms with Crippen LogP contribution in [0.5, 0.6) is 5.75 Å². The number of likely N-dealkylation sites (N-methyl/N-ethyl adjacent to an activating group) is 1. The van der Waals surface area contributed by atoms with Gasteiger partial charge in [-0.2, -0.15) is 5.26 Å². The number of aromatic nitrogens is 2. The number of ketones is 1. The summed E-state index contributed by atoms with van der Waals surface area (Å²) in [7, 11) is 1.74. The van der Waals surface area contributed by atoms with E-state index in [1.54, 1.807) is 43.6 Å². The summed E-state index contributed by atoms with van der Waals surface area (Å²) in [6, 6.07) is 23.9. The summed E-state index contributed by atoms with van der Waals surface area (Å²) in [6.45, 7) is 9.54. The van der Waals surface area contributed by atoms with Crippen LogP contribution in [-0.2, 0) is 30.3 Å². The van der Waals surface area contributed by atoms with Crippen molar-refractivity contribution in [3.05, 3.63) is 123 Å². The van der Waals surface area contributed by atoms with Crippen molar-refractivity contribution in [3.8, 4) is 34.8 Å². The Bertz CT molecular complexity index is 2670. The fourth-order valence-electron chi connectivity index (χ4n) is 9.25. The lowest BCUT2D eigenvalue weighted by Gasteiger charge is -2.35. The molecule has 368 valence electrons. The maximum atomic E-state index is 14.2. The second-order valence-electron chi connectivity index (χ2n) is 17.9. The normalized spacial score (nSPS) is 15.7. The number of hydrogen-bond donors (Lipinski definition) is 3. The molecule has 2 fully saturated rings. The van der Waals surface area contributed by atoms with E-state index in [4.69, 9.17) is 29.7 Å². The Labute approximate surface area is 415 Å². The summed E-state index contributed by atoms with van der Waals surface area (Å²) in [6.07, 6.45) is 6.67. The molecule has 3 atom stereocenters. The van der Waals surface area contributed by atoms with Gasteiger partial charge >= 0.3 is 0 Å². The average Bonchev–Trinajstić information content (AvgIpc) is 4.13. The topological polar surface area (TPSA) is 183 Å². The second kappa shape index (κ2) is 25.5. The number of rotatable bonds is 22. The van der Waals surface area contributed by atoms with E-state index in [0.717, 1.165) is 83.6 Å². The number of nitrogens with one attached hydrogen (secondary N) is 2. The molecule has 1 unspecified atom stereocenters. The standard InChI is InChI=1S/C55H65N7O7S/c1-37(58-4)53(64)60-51(43-15-6-5-7-16-43)55(65)61-24-10-19-49(61)54-59-48(36-70-54)52(63)44-17-9-18-46(33-44)69-31-30-68-29-28-67-27-26-66-25-11-14-40-12-8-13-41(32-40)35-62-38(2)47(34-56)50(39(62)3)42-20-22-45(57)23-21-42/h8-9,12-13,17-18,20-23,32-33,36-37,43,49,51,58H,5-7,10,15-16,19,24-31,35,57H2,1-4H3,(H,60,64)/t37?,49-,51-/m0/s1. The van der Waals surface area contributed by atoms with Crippen LogP contribution in [0, 0.1) is 42.9 Å². The van der Waals surface area contributed by atoms with Crippen molar-refractivity contribution in [2.45, 2.75) is 90.4 Å². The van der Waals surface area contributed by atoms with Crippen molar-refractivity contribution in [1.82, 2.24) is 25.1 Å². The van der Waals surface area contributed by atoms with E-state index < -0.39 is 12.1 Å². The van der Waals surface area contributed by atoms with Gasteiger partial charge in [0.25, 0.3) is 0 Å². The summed E-state index contributed by atoms with van der Waals surface area (Å²) in [4.78, 5) is 47.4. The highest BCUT2D eigenvalue weighted by Crippen LogP contribution is 2.37. The van der Waals surface area contributed by atoms with Crippen LogP contribution in [0.25, 0.3) is 11.1 Å². The van der Waals surface area contributed by atoms with Gasteiger partial charge in [-0.3, -0.25) is 14.4 Å². The molecule has 2 aliphatic rings. The highest BCUT2D eigenvalue weighted by atomic mass is 32.1. The molecule has 0 spiro atoms. The largest absolute Gasteiger partial charge is 0.491 e. The minimum Gasteiger partial charge on any atom is -0.491 e. The first kappa shape index (κ1) is 51.5. The van der Waals surface area contributed by atoms with E-state index in [1.165, 1.54) is 11.3 Å². The van der Waals surface area contributed by atoms with E-state index in [-0.39, 0.29) is 36.2 Å². The van der Waals surface area contributed by atoms with Gasteiger partial charge in [0.15, 0.2) is 0 Å². The summed E-state index contributed by atoms with van der Waals surface area (Å²) >= 11 is 1.39. The lowest BCUT2D eigenvalue weighted by atomic mass is 9.83. The number of benzene rings is 3. The molecule has 3 heterocycles. The van der Waals surface area contributed by atoms with Crippen molar-refractivity contribution >= 4 is 34.6 Å². The third kappa shape index (κ3) is 13.3. The highest BCUT2D eigenvalue weighted by Gasteiger charge is 2.40. The summed E-state index contributed by atoms with van der Waals surface area (Å²) in [5, 5.41) is 18.6. The van der Waals surface area contributed by atoms with Gasteiger partial charge < -0.3 is 44.8 Å². The molecule has 2 amide bonds. The van der Waals surface area contributed by atoms with Crippen molar-refractivity contribution < 1.29 is 33.3 Å². The Kier molecular flexibility index (Phi) is 18.8. The number of nitrogen functional groups attached to an aromatic ring is 1. The number of nitrogens with two attached hydrogens (primary N) is 1. The van der Waals surface area contributed by atoms with Gasteiger partial charge in [-0.25, -0.2) is 4.98 Å². The maximum Gasteiger partial charge on any atom is 0.246 e. The quantitative estimate of drug-likeness (QED) is 0.0267. The van der Waals surface area contributed by atoms with Gasteiger partial charge in [0.05, 0.1) is 50.7 Å². The minimum absolute atomic E-state index is 0.0582. The number of thiazole rings is 1. The summed E-state index contributed by atoms with van der Waals surface area (Å²) in [5.74, 6) is 6.47. The highest BCUT2D eigenvalue weighted by molar-refractivity contribution is 7.10. The van der Waals surface area contributed by atoms with Crippen molar-refractivity contribution in [2.75, 3.05) is 65.6 Å². The molecular formula is C55H65N7O7S. The molecule has 70 heavy (non-hydrogen) atoms. The number of likely N-dealkylation sites (tertiary alicyclic amines) is 1. The Balaban J connectivity index is 0.789. The van der Waals surface area contributed by atoms with Gasteiger partial charge in [0.1, 0.15) is 41.8 Å².